The van der Waals surface area contributed by atoms with Gasteiger partial charge in [0.2, 0.25) is 0 Å². The van der Waals surface area contributed by atoms with Gasteiger partial charge in [-0.15, -0.1) is 0 Å². The molecule has 0 spiro atoms. The number of carboxylic acids is 1. The molecule has 21 heavy (non-hydrogen) atoms. The van der Waals surface area contributed by atoms with Crippen molar-refractivity contribution < 1.29 is 19.4 Å². The number of hydrogen-bond donors (Lipinski definition) is 2. The lowest BCUT2D eigenvalue weighted by Crippen LogP contribution is -2.33. The molecule has 116 valence electrons. The van der Waals surface area contributed by atoms with Gasteiger partial charge in [-0.2, -0.15) is 0 Å². The summed E-state index contributed by atoms with van der Waals surface area (Å²) in [6.45, 7) is 3.98. The van der Waals surface area contributed by atoms with E-state index in [1.165, 1.54) is 0 Å². The molecule has 1 rings (SSSR count). The van der Waals surface area contributed by atoms with E-state index in [1.54, 1.807) is 18.2 Å². The van der Waals surface area contributed by atoms with E-state index in [9.17, 15) is 9.59 Å². The van der Waals surface area contributed by atoms with Gasteiger partial charge in [0.1, 0.15) is 5.75 Å². The predicted molar refractivity (Wildman–Crippen MR) is 80.7 cm³/mol. The Morgan fingerprint density at radius 2 is 2.14 bits per heavy atom. The van der Waals surface area contributed by atoms with Crippen LogP contribution in [0.1, 0.15) is 25.3 Å². The van der Waals surface area contributed by atoms with E-state index < -0.39 is 5.97 Å². The molecule has 0 heterocycles. The number of aliphatic carboxylic acids is 1. The number of nitrogens with one attached hydrogen (secondary N) is 1. The topological polar surface area (TPSA) is 75.6 Å². The maximum absolute atomic E-state index is 11.7. The molecule has 6 heteroatoms. The molecule has 0 aliphatic heterocycles. The number of carboxylic acid groups (broad SMARTS) is 1. The van der Waals surface area contributed by atoms with E-state index in [2.05, 4.69) is 5.32 Å². The summed E-state index contributed by atoms with van der Waals surface area (Å²) in [4.78, 5) is 22.3. The first-order chi connectivity index (χ1) is 9.92. The van der Waals surface area contributed by atoms with E-state index in [-0.39, 0.29) is 24.9 Å². The van der Waals surface area contributed by atoms with Crippen molar-refractivity contribution in [3.8, 4) is 5.75 Å². The van der Waals surface area contributed by atoms with Crippen molar-refractivity contribution in [2.24, 2.45) is 5.92 Å². The van der Waals surface area contributed by atoms with Crippen LogP contribution < -0.4 is 10.1 Å². The number of ether oxygens (including phenoxy) is 1. The summed E-state index contributed by atoms with van der Waals surface area (Å²) in [7, 11) is 0. The van der Waals surface area contributed by atoms with Gasteiger partial charge >= 0.3 is 5.97 Å². The number of carbonyl (C=O) groups is 2. The third-order valence-corrected chi connectivity index (χ3v) is 3.55. The Balaban J connectivity index is 2.36. The Hall–Kier alpha value is -1.75. The molecular weight excluding hydrogens is 294 g/mol. The maximum Gasteiger partial charge on any atom is 0.303 e. The Labute approximate surface area is 129 Å². The Kier molecular flexibility index (Phi) is 7.02. The zero-order chi connectivity index (χ0) is 15.8. The normalized spacial score (nSPS) is 11.8. The molecule has 2 N–H and O–H groups in total. The second kappa shape index (κ2) is 8.52. The van der Waals surface area contributed by atoms with Gasteiger partial charge in [0.25, 0.3) is 5.91 Å². The standard InChI is InChI=1S/C15H20ClNO4/c1-3-11(7-15(19)20)8-17-14(18)9-21-12-4-5-13(16)10(2)6-12/h4-6,11H,3,7-9H2,1-2H3,(H,17,18)(H,19,20). The molecule has 0 bridgehead atoms. The van der Waals surface area contributed by atoms with Gasteiger partial charge < -0.3 is 15.2 Å². The van der Waals surface area contributed by atoms with Gasteiger partial charge in [-0.25, -0.2) is 0 Å². The van der Waals surface area contributed by atoms with Crippen LogP contribution in [-0.4, -0.2) is 30.1 Å². The van der Waals surface area contributed by atoms with Crippen molar-refractivity contribution >= 4 is 23.5 Å². The monoisotopic (exact) mass is 313 g/mol. The van der Waals surface area contributed by atoms with Gasteiger partial charge in [-0.05, 0) is 36.6 Å². The van der Waals surface area contributed by atoms with Crippen molar-refractivity contribution in [2.45, 2.75) is 26.7 Å². The van der Waals surface area contributed by atoms with Crippen LogP contribution in [0.25, 0.3) is 0 Å². The van der Waals surface area contributed by atoms with Crippen LogP contribution >= 0.6 is 11.6 Å². The summed E-state index contributed by atoms with van der Waals surface area (Å²) in [6, 6.07) is 5.17. The summed E-state index contributed by atoms with van der Waals surface area (Å²) in [5.74, 6) is -0.621. The first-order valence-corrected chi connectivity index (χ1v) is 7.17. The fraction of sp³-hybridized carbons (Fsp3) is 0.467. The van der Waals surface area contributed by atoms with Crippen molar-refractivity contribution in [1.82, 2.24) is 5.32 Å². The summed E-state index contributed by atoms with van der Waals surface area (Å²) in [5, 5.41) is 12.1. The van der Waals surface area contributed by atoms with Crippen LogP contribution in [0.15, 0.2) is 18.2 Å². The highest BCUT2D eigenvalue weighted by atomic mass is 35.5. The zero-order valence-corrected chi connectivity index (χ0v) is 12.9. The molecule has 1 unspecified atom stereocenters. The summed E-state index contributed by atoms with van der Waals surface area (Å²) in [6.07, 6.45) is 0.748. The largest absolute Gasteiger partial charge is 0.484 e. The molecule has 1 amide bonds. The minimum absolute atomic E-state index is 0.0496. The average molecular weight is 314 g/mol. The van der Waals surface area contributed by atoms with Gasteiger partial charge in [-0.1, -0.05) is 24.9 Å². The number of carbonyl (C=O) groups excluding carboxylic acids is 1. The first kappa shape index (κ1) is 17.3. The fourth-order valence-electron chi connectivity index (χ4n) is 1.77. The molecule has 0 aliphatic carbocycles. The molecule has 0 radical (unpaired) electrons. The van der Waals surface area contributed by atoms with E-state index in [4.69, 9.17) is 21.4 Å². The molecular formula is C15H20ClNO4. The fourth-order valence-corrected chi connectivity index (χ4v) is 1.89. The van der Waals surface area contributed by atoms with Crippen molar-refractivity contribution in [3.63, 3.8) is 0 Å². The number of hydrogen-bond acceptors (Lipinski definition) is 3. The van der Waals surface area contributed by atoms with E-state index in [0.29, 0.717) is 23.7 Å². The van der Waals surface area contributed by atoms with Crippen LogP contribution in [0, 0.1) is 12.8 Å². The molecule has 1 atom stereocenters. The quantitative estimate of drug-likeness (QED) is 0.773. The second-order valence-corrected chi connectivity index (χ2v) is 5.28. The van der Waals surface area contributed by atoms with Crippen LogP contribution in [0.5, 0.6) is 5.75 Å². The Morgan fingerprint density at radius 3 is 2.71 bits per heavy atom. The average Bonchev–Trinajstić information content (AvgIpc) is 2.44. The molecule has 0 saturated carbocycles. The third kappa shape index (κ3) is 6.49. The highest BCUT2D eigenvalue weighted by Gasteiger charge is 2.12. The smallest absolute Gasteiger partial charge is 0.303 e. The summed E-state index contributed by atoms with van der Waals surface area (Å²) in [5.41, 5.74) is 0.877. The lowest BCUT2D eigenvalue weighted by Gasteiger charge is -2.14. The minimum Gasteiger partial charge on any atom is -0.484 e. The predicted octanol–water partition coefficient (Wildman–Crippen LogP) is 2.64. The Bertz CT molecular complexity index is 504. The van der Waals surface area contributed by atoms with Gasteiger partial charge in [0, 0.05) is 18.0 Å². The highest BCUT2D eigenvalue weighted by Crippen LogP contribution is 2.20. The maximum atomic E-state index is 11.7. The molecule has 0 aliphatic rings. The molecule has 0 fully saturated rings. The molecule has 1 aromatic rings. The molecule has 0 aromatic heterocycles. The number of benzene rings is 1. The molecule has 0 saturated heterocycles. The third-order valence-electron chi connectivity index (χ3n) is 3.13. The van der Waals surface area contributed by atoms with Crippen LogP contribution in [-0.2, 0) is 9.59 Å². The van der Waals surface area contributed by atoms with Gasteiger partial charge in [0.05, 0.1) is 0 Å². The number of aryl methyl sites for hydroxylation is 1. The van der Waals surface area contributed by atoms with Crippen molar-refractivity contribution in [1.29, 1.82) is 0 Å². The highest BCUT2D eigenvalue weighted by molar-refractivity contribution is 6.31. The Morgan fingerprint density at radius 1 is 1.43 bits per heavy atom. The molecule has 1 aromatic carbocycles. The number of rotatable bonds is 8. The second-order valence-electron chi connectivity index (χ2n) is 4.88. The van der Waals surface area contributed by atoms with Gasteiger partial charge in [-0.3, -0.25) is 9.59 Å². The first-order valence-electron chi connectivity index (χ1n) is 6.79. The van der Waals surface area contributed by atoms with Gasteiger partial charge in [0.15, 0.2) is 6.61 Å². The van der Waals surface area contributed by atoms with E-state index >= 15 is 0 Å². The summed E-state index contributed by atoms with van der Waals surface area (Å²) < 4.78 is 5.36. The zero-order valence-electron chi connectivity index (χ0n) is 12.2. The molecule has 5 nitrogen and oxygen atoms in total. The summed E-state index contributed by atoms with van der Waals surface area (Å²) >= 11 is 5.90. The van der Waals surface area contributed by atoms with Crippen LogP contribution in [0.3, 0.4) is 0 Å². The lowest BCUT2D eigenvalue weighted by atomic mass is 10.0. The van der Waals surface area contributed by atoms with Crippen LogP contribution in [0.2, 0.25) is 5.02 Å². The van der Waals surface area contributed by atoms with E-state index in [1.807, 2.05) is 13.8 Å². The lowest BCUT2D eigenvalue weighted by molar-refractivity contribution is -0.138. The van der Waals surface area contributed by atoms with Crippen molar-refractivity contribution in [2.75, 3.05) is 13.2 Å². The van der Waals surface area contributed by atoms with Crippen molar-refractivity contribution in [3.05, 3.63) is 28.8 Å². The number of amides is 1. The van der Waals surface area contributed by atoms with Crippen LogP contribution in [0.4, 0.5) is 0 Å². The number of halogens is 1. The minimum atomic E-state index is -0.857. The SMILES string of the molecule is CCC(CNC(=O)COc1ccc(Cl)c(C)c1)CC(=O)O. The van der Waals surface area contributed by atoms with E-state index in [0.717, 1.165) is 5.56 Å².